The van der Waals surface area contributed by atoms with E-state index in [2.05, 4.69) is 0 Å². The second-order valence-corrected chi connectivity index (χ2v) is 7.56. The Kier molecular flexibility index (Phi) is 7.17. The van der Waals surface area contributed by atoms with Crippen LogP contribution in [0.4, 0.5) is 27.6 Å². The molecule has 0 spiro atoms. The summed E-state index contributed by atoms with van der Waals surface area (Å²) in [6.07, 6.45) is -4.78. The van der Waals surface area contributed by atoms with Crippen molar-refractivity contribution in [3.05, 3.63) is 38.7 Å². The van der Waals surface area contributed by atoms with Gasteiger partial charge in [-0.2, -0.15) is 32.2 Å². The van der Waals surface area contributed by atoms with E-state index in [1.165, 1.54) is 6.92 Å². The Morgan fingerprint density at radius 2 is 1.82 bits per heavy atom. The van der Waals surface area contributed by atoms with Gasteiger partial charge in [-0.1, -0.05) is 34.8 Å². The third-order valence-corrected chi connectivity index (χ3v) is 5.34. The highest BCUT2D eigenvalue weighted by Gasteiger charge is 2.52. The zero-order chi connectivity index (χ0) is 21.4. The first-order valence-corrected chi connectivity index (χ1v) is 9.52. The fourth-order valence-electron chi connectivity index (χ4n) is 2.29. The van der Waals surface area contributed by atoms with Gasteiger partial charge in [0.25, 0.3) is 0 Å². The first-order chi connectivity index (χ1) is 12.9. The van der Waals surface area contributed by atoms with Crippen molar-refractivity contribution in [2.24, 2.45) is 0 Å². The molecule has 0 N–H and O–H groups in total. The number of hydrazine groups is 1. The van der Waals surface area contributed by atoms with Crippen molar-refractivity contribution in [3.8, 4) is 6.07 Å². The molecule has 1 aromatic carbocycles. The SMILES string of the molecule is CCOC1=C(Cl)C(C#N)N([S+]([O-])C(F)F)N1c1c(Cl)cc(C(F)(F)F)cc1Cl. The first-order valence-electron chi connectivity index (χ1n) is 7.22. The van der Waals surface area contributed by atoms with Crippen LogP contribution in [-0.4, -0.2) is 27.4 Å². The van der Waals surface area contributed by atoms with E-state index >= 15 is 0 Å². The smallest absolute Gasteiger partial charge is 0.418 e. The molecule has 14 heteroatoms. The molecule has 2 unspecified atom stereocenters. The zero-order valence-electron chi connectivity index (χ0n) is 13.6. The minimum Gasteiger partial charge on any atom is -0.592 e. The Morgan fingerprint density at radius 3 is 2.21 bits per heavy atom. The van der Waals surface area contributed by atoms with E-state index in [0.717, 1.165) is 0 Å². The van der Waals surface area contributed by atoms with Crippen molar-refractivity contribution in [1.29, 1.82) is 5.26 Å². The summed E-state index contributed by atoms with van der Waals surface area (Å²) in [5.74, 6) is -3.86. The predicted octanol–water partition coefficient (Wildman–Crippen LogP) is 5.27. The number of ether oxygens (including phenoxy) is 1. The van der Waals surface area contributed by atoms with Crippen LogP contribution < -0.4 is 5.01 Å². The van der Waals surface area contributed by atoms with Crippen LogP contribution in [0, 0.1) is 11.3 Å². The molecule has 154 valence electrons. The molecule has 0 fully saturated rings. The van der Waals surface area contributed by atoms with Gasteiger partial charge >= 0.3 is 11.9 Å². The summed E-state index contributed by atoms with van der Waals surface area (Å²) in [4.78, 5) is 0. The average Bonchev–Trinajstić information content (AvgIpc) is 2.85. The molecule has 28 heavy (non-hydrogen) atoms. The molecule has 1 aromatic rings. The molecule has 0 saturated heterocycles. The Morgan fingerprint density at radius 1 is 1.29 bits per heavy atom. The van der Waals surface area contributed by atoms with E-state index in [0.29, 0.717) is 21.6 Å². The van der Waals surface area contributed by atoms with Crippen molar-refractivity contribution in [2.45, 2.75) is 24.9 Å². The summed E-state index contributed by atoms with van der Waals surface area (Å²) in [7, 11) is 0. The molecule has 0 amide bonds. The minimum absolute atomic E-state index is 0.0643. The Balaban J connectivity index is 2.72. The molecule has 0 radical (unpaired) electrons. The van der Waals surface area contributed by atoms with Crippen LogP contribution in [0.3, 0.4) is 0 Å². The molecule has 2 rings (SSSR count). The van der Waals surface area contributed by atoms with Gasteiger partial charge in [0.1, 0.15) is 22.1 Å². The maximum absolute atomic E-state index is 13.1. The number of rotatable bonds is 5. The molecule has 0 saturated carbocycles. The van der Waals surface area contributed by atoms with E-state index in [1.807, 2.05) is 0 Å². The van der Waals surface area contributed by atoms with Crippen molar-refractivity contribution in [2.75, 3.05) is 11.6 Å². The quantitative estimate of drug-likeness (QED) is 0.421. The lowest BCUT2D eigenvalue weighted by atomic mass is 10.2. The molecular formula is C14H9Cl3F5N3O2S. The number of hydrogen-bond acceptors (Lipinski definition) is 5. The normalized spacial score (nSPS) is 19.4. The molecule has 0 aliphatic carbocycles. The van der Waals surface area contributed by atoms with Gasteiger partial charge in [0.05, 0.1) is 28.3 Å². The van der Waals surface area contributed by atoms with E-state index < -0.39 is 61.5 Å². The lowest BCUT2D eigenvalue weighted by molar-refractivity contribution is -0.137. The number of nitrogens with zero attached hydrogens (tertiary/aromatic N) is 3. The number of nitriles is 1. The Hall–Kier alpha value is -1.16. The highest BCUT2D eigenvalue weighted by atomic mass is 35.5. The Bertz CT molecular complexity index is 810. The minimum atomic E-state index is -4.78. The number of benzene rings is 1. The van der Waals surface area contributed by atoms with Crippen LogP contribution in [0.25, 0.3) is 0 Å². The number of hydrogen-bond donors (Lipinski definition) is 0. The molecule has 1 aliphatic heterocycles. The van der Waals surface area contributed by atoms with Gasteiger partial charge < -0.3 is 9.29 Å². The van der Waals surface area contributed by atoms with Crippen LogP contribution in [-0.2, 0) is 22.3 Å². The van der Waals surface area contributed by atoms with E-state index in [-0.39, 0.29) is 6.61 Å². The predicted molar refractivity (Wildman–Crippen MR) is 93.8 cm³/mol. The molecule has 0 aromatic heterocycles. The maximum Gasteiger partial charge on any atom is 0.418 e. The number of halogens is 8. The largest absolute Gasteiger partial charge is 0.592 e. The highest BCUT2D eigenvalue weighted by Crippen LogP contribution is 2.47. The third kappa shape index (κ3) is 4.22. The molecular weight excluding hydrogens is 476 g/mol. The van der Waals surface area contributed by atoms with E-state index in [9.17, 15) is 31.8 Å². The zero-order valence-corrected chi connectivity index (χ0v) is 16.7. The van der Waals surface area contributed by atoms with Gasteiger partial charge in [-0.3, -0.25) is 0 Å². The van der Waals surface area contributed by atoms with Gasteiger partial charge in [0.2, 0.25) is 11.9 Å². The fraction of sp³-hybridized carbons (Fsp3) is 0.357. The second-order valence-electron chi connectivity index (χ2n) is 5.06. The lowest BCUT2D eigenvalue weighted by Crippen LogP contribution is -2.49. The monoisotopic (exact) mass is 483 g/mol. The van der Waals surface area contributed by atoms with Crippen LogP contribution in [0.5, 0.6) is 0 Å². The standard InChI is InChI=1S/C14H9Cl3F5N3O2S/c1-2-27-12-10(17)9(5-23)25(28(26)13(18)19)24(12)11-7(15)3-6(4-8(11)16)14(20,21)22/h3-4,9,13H,2H2,1H3. The van der Waals surface area contributed by atoms with Crippen LogP contribution in [0.2, 0.25) is 10.0 Å². The van der Waals surface area contributed by atoms with Crippen LogP contribution in [0.1, 0.15) is 12.5 Å². The third-order valence-electron chi connectivity index (χ3n) is 3.35. The summed E-state index contributed by atoms with van der Waals surface area (Å²) in [5, 5.41) is 8.28. The fourth-order valence-corrected chi connectivity index (χ4v) is 4.11. The van der Waals surface area contributed by atoms with Gasteiger partial charge in [-0.15, -0.1) is 0 Å². The number of anilines is 1. The first kappa shape index (κ1) is 23.1. The summed E-state index contributed by atoms with van der Waals surface area (Å²) < 4.78 is 82.9. The summed E-state index contributed by atoms with van der Waals surface area (Å²) in [6.45, 7) is 1.44. The molecule has 1 heterocycles. The lowest BCUT2D eigenvalue weighted by Gasteiger charge is -2.32. The highest BCUT2D eigenvalue weighted by molar-refractivity contribution is 7.89. The maximum atomic E-state index is 13.1. The summed E-state index contributed by atoms with van der Waals surface area (Å²) >= 11 is 14.8. The van der Waals surface area contributed by atoms with Crippen molar-refractivity contribution >= 4 is 51.9 Å². The molecule has 1 aliphatic rings. The Labute approximate surface area is 174 Å². The van der Waals surface area contributed by atoms with Gasteiger partial charge in [0, 0.05) is 0 Å². The molecule has 5 nitrogen and oxygen atoms in total. The topological polar surface area (TPSA) is 62.6 Å². The average molecular weight is 485 g/mol. The summed E-state index contributed by atoms with van der Waals surface area (Å²) in [6, 6.07) is 0.917. The van der Waals surface area contributed by atoms with Crippen LogP contribution in [0.15, 0.2) is 23.0 Å². The summed E-state index contributed by atoms with van der Waals surface area (Å²) in [5.41, 5.74) is -1.65. The van der Waals surface area contributed by atoms with Gasteiger partial charge in [-0.25, -0.2) is 0 Å². The second kappa shape index (κ2) is 8.69. The molecule has 0 bridgehead atoms. The van der Waals surface area contributed by atoms with E-state index in [1.54, 1.807) is 6.07 Å². The van der Waals surface area contributed by atoms with E-state index in [4.69, 9.17) is 39.5 Å². The van der Waals surface area contributed by atoms with Gasteiger partial charge in [-0.05, 0) is 23.5 Å². The number of alkyl halides is 5. The van der Waals surface area contributed by atoms with Crippen molar-refractivity contribution < 1.29 is 31.2 Å². The van der Waals surface area contributed by atoms with Crippen LogP contribution >= 0.6 is 34.8 Å². The van der Waals surface area contributed by atoms with Gasteiger partial charge in [0.15, 0.2) is 0 Å². The molecule has 2 atom stereocenters. The van der Waals surface area contributed by atoms with Crippen molar-refractivity contribution in [1.82, 2.24) is 4.41 Å². The van der Waals surface area contributed by atoms with Crippen molar-refractivity contribution in [3.63, 3.8) is 0 Å².